The van der Waals surface area contributed by atoms with Gasteiger partial charge in [0.1, 0.15) is 11.6 Å². The topological polar surface area (TPSA) is 56.3 Å². The number of hydrogen-bond acceptors (Lipinski definition) is 2. The first-order valence-electron chi connectivity index (χ1n) is 10.00. The van der Waals surface area contributed by atoms with E-state index in [9.17, 15) is 14.3 Å². The van der Waals surface area contributed by atoms with E-state index < -0.39 is 11.5 Å². The van der Waals surface area contributed by atoms with Crippen LogP contribution in [0.1, 0.15) is 42.5 Å². The molecule has 3 heterocycles. The van der Waals surface area contributed by atoms with Gasteiger partial charge in [-0.2, -0.15) is 0 Å². The number of aliphatic hydroxyl groups is 1. The summed E-state index contributed by atoms with van der Waals surface area (Å²) >= 11 is 0. The molecular weight excluding hydrogens is 367 g/mol. The normalized spacial score (nSPS) is 22.6. The van der Waals surface area contributed by atoms with E-state index in [1.54, 1.807) is 11.0 Å². The van der Waals surface area contributed by atoms with Gasteiger partial charge in [-0.25, -0.2) is 4.39 Å². The predicted octanol–water partition coefficient (Wildman–Crippen LogP) is 4.95. The molecule has 0 saturated carbocycles. The zero-order chi connectivity index (χ0) is 20.3. The van der Waals surface area contributed by atoms with Crippen molar-refractivity contribution in [3.63, 3.8) is 0 Å². The molecule has 5 rings (SSSR count). The predicted molar refractivity (Wildman–Crippen MR) is 110 cm³/mol. The second-order valence-electron chi connectivity index (χ2n) is 8.29. The molecule has 1 saturated heterocycles. The number of fused-ring (bicyclic) bond motifs is 2. The summed E-state index contributed by atoms with van der Waals surface area (Å²) in [5.74, 6) is -0.685. The summed E-state index contributed by atoms with van der Waals surface area (Å²) in [5.41, 5.74) is 3.23. The zero-order valence-electron chi connectivity index (χ0n) is 16.5. The number of carbonyl (C=O) groups is 1. The van der Waals surface area contributed by atoms with E-state index in [1.165, 1.54) is 12.1 Å². The van der Waals surface area contributed by atoms with Crippen molar-refractivity contribution in [3.8, 4) is 0 Å². The molecule has 148 valence electrons. The van der Waals surface area contributed by atoms with Gasteiger partial charge in [-0.1, -0.05) is 30.3 Å². The number of benzene rings is 2. The van der Waals surface area contributed by atoms with Gasteiger partial charge in [0.25, 0.3) is 5.91 Å². The molecule has 0 aliphatic carbocycles. The molecular formula is C24H23FN2O2. The highest BCUT2D eigenvalue weighted by atomic mass is 19.1. The Kier molecular flexibility index (Phi) is 3.85. The molecule has 1 amide bonds. The molecule has 2 aliphatic heterocycles. The summed E-state index contributed by atoms with van der Waals surface area (Å²) < 4.78 is 13.9. The number of H-pyrrole nitrogens is 1. The molecule has 2 aromatic carbocycles. The smallest absolute Gasteiger partial charge is 0.255 e. The van der Waals surface area contributed by atoms with Crippen molar-refractivity contribution in [2.45, 2.75) is 38.1 Å². The van der Waals surface area contributed by atoms with Gasteiger partial charge >= 0.3 is 0 Å². The molecule has 0 bridgehead atoms. The maximum atomic E-state index is 13.9. The van der Waals surface area contributed by atoms with Crippen molar-refractivity contribution < 1.29 is 14.3 Å². The van der Waals surface area contributed by atoms with E-state index in [0.717, 1.165) is 40.6 Å². The molecule has 0 radical (unpaired) electrons. The van der Waals surface area contributed by atoms with Gasteiger partial charge in [-0.3, -0.25) is 4.79 Å². The lowest BCUT2D eigenvalue weighted by atomic mass is 9.84. The van der Waals surface area contributed by atoms with E-state index in [1.807, 2.05) is 44.2 Å². The van der Waals surface area contributed by atoms with Crippen LogP contribution in [0.5, 0.6) is 0 Å². The zero-order valence-corrected chi connectivity index (χ0v) is 16.5. The first-order chi connectivity index (χ1) is 13.9. The summed E-state index contributed by atoms with van der Waals surface area (Å²) in [5, 5.41) is 12.0. The van der Waals surface area contributed by atoms with Crippen LogP contribution in [-0.2, 0) is 4.79 Å². The Labute approximate surface area is 168 Å². The number of aryl methyl sites for hydroxylation is 1. The minimum atomic E-state index is -0.633. The molecule has 1 aromatic heterocycles. The van der Waals surface area contributed by atoms with E-state index in [2.05, 4.69) is 4.98 Å². The average molecular weight is 390 g/mol. The third-order valence-corrected chi connectivity index (χ3v) is 6.65. The first kappa shape index (κ1) is 18.0. The van der Waals surface area contributed by atoms with Gasteiger partial charge in [0.2, 0.25) is 0 Å². The number of hydrogen-bond donors (Lipinski definition) is 2. The van der Waals surface area contributed by atoms with Crippen molar-refractivity contribution in [3.05, 3.63) is 82.5 Å². The Bertz CT molecular complexity index is 1160. The van der Waals surface area contributed by atoms with E-state index >= 15 is 0 Å². The Morgan fingerprint density at radius 1 is 1.21 bits per heavy atom. The third kappa shape index (κ3) is 2.46. The van der Waals surface area contributed by atoms with Crippen LogP contribution in [0.3, 0.4) is 0 Å². The highest BCUT2D eigenvalue weighted by Crippen LogP contribution is 2.48. The van der Waals surface area contributed by atoms with Gasteiger partial charge in [-0.15, -0.1) is 0 Å². The average Bonchev–Trinajstić information content (AvgIpc) is 3.32. The summed E-state index contributed by atoms with van der Waals surface area (Å²) in [6, 6.07) is 14.4. The number of carbonyl (C=O) groups excluding carboxylic acids is 1. The lowest BCUT2D eigenvalue weighted by Crippen LogP contribution is -2.40. The number of nitrogens with one attached hydrogen (secondary N) is 1. The third-order valence-electron chi connectivity index (χ3n) is 6.65. The molecule has 1 fully saturated rings. The molecule has 4 nitrogen and oxygen atoms in total. The number of aliphatic hydroxyl groups excluding tert-OH is 1. The lowest BCUT2D eigenvalue weighted by molar-refractivity contribution is -0.127. The summed E-state index contributed by atoms with van der Waals surface area (Å²) in [6.45, 7) is 4.53. The first-order valence-corrected chi connectivity index (χ1v) is 10.00. The quantitative estimate of drug-likeness (QED) is 0.665. The largest absolute Gasteiger partial charge is 0.509 e. The fourth-order valence-electron chi connectivity index (χ4n) is 5.06. The fourth-order valence-corrected chi connectivity index (χ4v) is 5.06. The van der Waals surface area contributed by atoms with Crippen LogP contribution in [0.15, 0.2) is 59.9 Å². The van der Waals surface area contributed by atoms with Crippen molar-refractivity contribution in [1.29, 1.82) is 0 Å². The molecule has 2 aliphatic rings. The number of aromatic amines is 1. The van der Waals surface area contributed by atoms with E-state index in [0.29, 0.717) is 12.1 Å². The molecule has 5 heteroatoms. The van der Waals surface area contributed by atoms with Crippen LogP contribution in [0.2, 0.25) is 0 Å². The van der Waals surface area contributed by atoms with Crippen molar-refractivity contribution >= 4 is 16.8 Å². The van der Waals surface area contributed by atoms with Gasteiger partial charge in [0.05, 0.1) is 17.0 Å². The van der Waals surface area contributed by atoms with E-state index in [4.69, 9.17) is 0 Å². The standard InChI is InChI=1S/C24H23FN2O2/c1-14-17-13-16(25)9-10-18(17)26-21(14)19(15-7-4-3-5-8-15)20-22(28)24(2)11-6-12-27(24)23(20)29/h3-5,7-10,13,19,26,28H,6,11-12H2,1-2H3. The maximum Gasteiger partial charge on any atom is 0.255 e. The summed E-state index contributed by atoms with van der Waals surface area (Å²) in [7, 11) is 0. The van der Waals surface area contributed by atoms with Crippen LogP contribution < -0.4 is 0 Å². The number of halogens is 1. The Morgan fingerprint density at radius 3 is 2.69 bits per heavy atom. The number of aromatic nitrogens is 1. The minimum absolute atomic E-state index is 0.111. The van der Waals surface area contributed by atoms with Gasteiger partial charge in [-0.05, 0) is 56.0 Å². The second kappa shape index (κ2) is 6.21. The molecule has 2 atom stereocenters. The maximum absolute atomic E-state index is 13.9. The summed E-state index contributed by atoms with van der Waals surface area (Å²) in [4.78, 5) is 18.6. The van der Waals surface area contributed by atoms with Crippen molar-refractivity contribution in [1.82, 2.24) is 9.88 Å². The summed E-state index contributed by atoms with van der Waals surface area (Å²) in [6.07, 6.45) is 1.65. The van der Waals surface area contributed by atoms with Crippen molar-refractivity contribution in [2.75, 3.05) is 6.54 Å². The highest BCUT2D eigenvalue weighted by molar-refractivity contribution is 6.01. The van der Waals surface area contributed by atoms with Crippen LogP contribution in [-0.4, -0.2) is 33.0 Å². The van der Waals surface area contributed by atoms with Crippen LogP contribution >= 0.6 is 0 Å². The minimum Gasteiger partial charge on any atom is -0.509 e. The van der Waals surface area contributed by atoms with Crippen molar-refractivity contribution in [2.24, 2.45) is 0 Å². The van der Waals surface area contributed by atoms with Gasteiger partial charge < -0.3 is 15.0 Å². The number of nitrogens with zero attached hydrogens (tertiary/aromatic N) is 1. The Balaban J connectivity index is 1.77. The lowest BCUT2D eigenvalue weighted by Gasteiger charge is -2.27. The SMILES string of the molecule is Cc1c(C(C2=C(O)C3(C)CCCN3C2=O)c2ccccc2)[nH]c2ccc(F)cc12. The van der Waals surface area contributed by atoms with Crippen LogP contribution in [0, 0.1) is 12.7 Å². The monoisotopic (exact) mass is 390 g/mol. The fraction of sp³-hybridized carbons (Fsp3) is 0.292. The van der Waals surface area contributed by atoms with Gasteiger partial charge in [0, 0.05) is 23.1 Å². The highest BCUT2D eigenvalue weighted by Gasteiger charge is 2.53. The second-order valence-corrected chi connectivity index (χ2v) is 8.29. The molecule has 2 unspecified atom stereocenters. The Hall–Kier alpha value is -3.08. The van der Waals surface area contributed by atoms with Crippen LogP contribution in [0.25, 0.3) is 10.9 Å². The Morgan fingerprint density at radius 2 is 1.97 bits per heavy atom. The number of amides is 1. The molecule has 29 heavy (non-hydrogen) atoms. The van der Waals surface area contributed by atoms with Crippen LogP contribution in [0.4, 0.5) is 4.39 Å². The van der Waals surface area contributed by atoms with Gasteiger partial charge in [0.15, 0.2) is 0 Å². The molecule has 3 aromatic rings. The van der Waals surface area contributed by atoms with E-state index in [-0.39, 0.29) is 17.5 Å². The molecule has 0 spiro atoms. The number of rotatable bonds is 3. The molecule has 2 N–H and O–H groups in total.